The Hall–Kier alpha value is -2.66. The van der Waals surface area contributed by atoms with E-state index < -0.39 is 0 Å². The maximum atomic E-state index is 11.8. The highest BCUT2D eigenvalue weighted by atomic mass is 16.5. The maximum Gasteiger partial charge on any atom is 0.162 e. The minimum atomic E-state index is 0.121. The van der Waals surface area contributed by atoms with E-state index in [1.165, 1.54) is 44.5 Å². The Morgan fingerprint density at radius 1 is 0.889 bits per heavy atom. The van der Waals surface area contributed by atoms with Crippen LogP contribution in [0.15, 0.2) is 48.5 Å². The summed E-state index contributed by atoms with van der Waals surface area (Å²) >= 11 is 0. The highest BCUT2D eigenvalue weighted by Crippen LogP contribution is 2.22. The number of benzene rings is 2. The van der Waals surface area contributed by atoms with Crippen LogP contribution in [0.3, 0.4) is 0 Å². The van der Waals surface area contributed by atoms with Crippen LogP contribution in [-0.4, -0.2) is 49.8 Å². The number of hydrogen-bond acceptors (Lipinski definition) is 5. The van der Waals surface area contributed by atoms with Gasteiger partial charge in [0, 0.05) is 24.9 Å². The summed E-state index contributed by atoms with van der Waals surface area (Å²) in [6.45, 7) is 10.7. The van der Waals surface area contributed by atoms with E-state index in [9.17, 15) is 9.59 Å². The number of rotatable bonds is 14. The van der Waals surface area contributed by atoms with Crippen LogP contribution in [0.5, 0.6) is 11.5 Å². The first-order chi connectivity index (χ1) is 17.4. The Balaban J connectivity index is 0.000000255. The number of ketones is 2. The van der Waals surface area contributed by atoms with Crippen molar-refractivity contribution in [2.75, 3.05) is 33.4 Å². The lowest BCUT2D eigenvalue weighted by molar-refractivity contribution is -0.117. The fourth-order valence-electron chi connectivity index (χ4n) is 4.27. The van der Waals surface area contributed by atoms with Gasteiger partial charge in [-0.05, 0) is 100.0 Å². The molecule has 1 heterocycles. The molecule has 1 atom stereocenters. The summed E-state index contributed by atoms with van der Waals surface area (Å²) in [5, 5.41) is 0. The van der Waals surface area contributed by atoms with Crippen LogP contribution in [0.1, 0.15) is 94.0 Å². The molecule has 0 spiro atoms. The molecule has 5 nitrogen and oxygen atoms in total. The lowest BCUT2D eigenvalue weighted by atomic mass is 10.0. The predicted octanol–water partition coefficient (Wildman–Crippen LogP) is 7.09. The number of carbonyl (C=O) groups is 2. The van der Waals surface area contributed by atoms with Gasteiger partial charge in [0.05, 0.1) is 13.7 Å². The number of unbranched alkanes of at least 4 members (excludes halogenated alkanes) is 2. The van der Waals surface area contributed by atoms with E-state index in [1.54, 1.807) is 38.3 Å². The molecule has 36 heavy (non-hydrogen) atoms. The van der Waals surface area contributed by atoms with Gasteiger partial charge in [-0.1, -0.05) is 32.4 Å². The Morgan fingerprint density at radius 3 is 2.08 bits per heavy atom. The molecule has 0 amide bonds. The molecule has 1 aliphatic heterocycles. The molecule has 0 saturated carbocycles. The topological polar surface area (TPSA) is 55.8 Å². The Bertz CT molecular complexity index is 886. The number of Topliss-reactive ketones (excluding diaryl/α,β-unsaturated/α-hetero) is 2. The zero-order valence-corrected chi connectivity index (χ0v) is 22.8. The van der Waals surface area contributed by atoms with Gasteiger partial charge < -0.3 is 19.2 Å². The summed E-state index contributed by atoms with van der Waals surface area (Å²) in [6, 6.07) is 15.8. The second-order valence-electron chi connectivity index (χ2n) is 9.74. The van der Waals surface area contributed by atoms with Gasteiger partial charge in [0.25, 0.3) is 0 Å². The number of nitrogens with zero attached hydrogens (tertiary/aromatic N) is 1. The lowest BCUT2D eigenvalue weighted by Gasteiger charge is -2.20. The van der Waals surface area contributed by atoms with Gasteiger partial charge in [-0.25, -0.2) is 0 Å². The second kappa shape index (κ2) is 16.9. The first-order valence-electron chi connectivity index (χ1n) is 13.5. The van der Waals surface area contributed by atoms with Crippen molar-refractivity contribution in [2.24, 2.45) is 0 Å². The summed E-state index contributed by atoms with van der Waals surface area (Å²) in [7, 11) is 1.60. The molecule has 0 N–H and O–H groups in total. The van der Waals surface area contributed by atoms with Crippen molar-refractivity contribution in [3.8, 4) is 11.5 Å². The molecule has 0 radical (unpaired) electrons. The van der Waals surface area contributed by atoms with Crippen molar-refractivity contribution in [2.45, 2.75) is 78.1 Å². The SMILES string of the molecule is CCCCOc1ccc(C(C)CN2CCCC2)cc1.COc1ccc(C(=O)CCCCC(C)=O)cc1. The normalized spacial score (nSPS) is 14.0. The molecule has 1 saturated heterocycles. The van der Waals surface area contributed by atoms with Crippen molar-refractivity contribution < 1.29 is 19.1 Å². The average molecular weight is 496 g/mol. The standard InChI is InChI=1S/C17H27NO.C14H18O3/c1-3-4-13-19-17-9-7-16(8-10-17)15(2)14-18-11-5-6-12-18;1-11(15)5-3-4-6-14(16)12-7-9-13(17-2)10-8-12/h7-10,15H,3-6,11-14H2,1-2H3;7-10H,3-6H2,1-2H3. The van der Waals surface area contributed by atoms with Gasteiger partial charge in [-0.3, -0.25) is 4.79 Å². The summed E-state index contributed by atoms with van der Waals surface area (Å²) in [4.78, 5) is 25.1. The number of ether oxygens (including phenoxy) is 2. The van der Waals surface area contributed by atoms with Gasteiger partial charge in [-0.15, -0.1) is 0 Å². The van der Waals surface area contributed by atoms with Gasteiger partial charge >= 0.3 is 0 Å². The summed E-state index contributed by atoms with van der Waals surface area (Å²) in [5.41, 5.74) is 2.13. The van der Waals surface area contributed by atoms with Crippen LogP contribution < -0.4 is 9.47 Å². The van der Waals surface area contributed by atoms with Crippen LogP contribution in [-0.2, 0) is 4.79 Å². The van der Waals surface area contributed by atoms with Gasteiger partial charge in [0.15, 0.2) is 5.78 Å². The molecule has 0 aromatic heterocycles. The Morgan fingerprint density at radius 2 is 1.50 bits per heavy atom. The highest BCUT2D eigenvalue weighted by Gasteiger charge is 2.15. The number of likely N-dealkylation sites (tertiary alicyclic amines) is 1. The van der Waals surface area contributed by atoms with Crippen molar-refractivity contribution in [3.05, 3.63) is 59.7 Å². The minimum Gasteiger partial charge on any atom is -0.497 e. The minimum absolute atomic E-state index is 0.121. The molecule has 2 aromatic carbocycles. The molecule has 5 heteroatoms. The monoisotopic (exact) mass is 495 g/mol. The van der Waals surface area contributed by atoms with Gasteiger partial charge in [0.2, 0.25) is 0 Å². The molecular weight excluding hydrogens is 450 g/mol. The number of methoxy groups -OCH3 is 1. The summed E-state index contributed by atoms with van der Waals surface area (Å²) in [5.74, 6) is 2.67. The lowest BCUT2D eigenvalue weighted by Crippen LogP contribution is -2.24. The molecule has 198 valence electrons. The molecule has 1 fully saturated rings. The van der Waals surface area contributed by atoms with Crippen LogP contribution in [0.25, 0.3) is 0 Å². The van der Waals surface area contributed by atoms with Gasteiger partial charge in [0.1, 0.15) is 17.3 Å². The highest BCUT2D eigenvalue weighted by molar-refractivity contribution is 5.96. The van der Waals surface area contributed by atoms with Crippen molar-refractivity contribution in [3.63, 3.8) is 0 Å². The summed E-state index contributed by atoms with van der Waals surface area (Å²) < 4.78 is 10.7. The van der Waals surface area contributed by atoms with Crippen molar-refractivity contribution in [1.82, 2.24) is 4.90 Å². The Kier molecular flexibility index (Phi) is 13.9. The van der Waals surface area contributed by atoms with Crippen LogP contribution in [0.2, 0.25) is 0 Å². The van der Waals surface area contributed by atoms with E-state index in [0.29, 0.717) is 24.3 Å². The zero-order valence-electron chi connectivity index (χ0n) is 22.8. The molecule has 0 aliphatic carbocycles. The van der Waals surface area contributed by atoms with E-state index in [2.05, 4.69) is 43.0 Å². The number of carbonyl (C=O) groups excluding carboxylic acids is 2. The average Bonchev–Trinajstić information content (AvgIpc) is 3.40. The fourth-order valence-corrected chi connectivity index (χ4v) is 4.27. The van der Waals surface area contributed by atoms with Crippen LogP contribution in [0, 0.1) is 0 Å². The molecule has 1 unspecified atom stereocenters. The molecule has 1 aliphatic rings. The first-order valence-corrected chi connectivity index (χ1v) is 13.5. The summed E-state index contributed by atoms with van der Waals surface area (Å²) in [6.07, 6.45) is 7.68. The zero-order chi connectivity index (χ0) is 26.2. The van der Waals surface area contributed by atoms with E-state index in [4.69, 9.17) is 9.47 Å². The van der Waals surface area contributed by atoms with E-state index in [1.807, 2.05) is 0 Å². The third-order valence-electron chi connectivity index (χ3n) is 6.54. The Labute approximate surface area is 218 Å². The predicted molar refractivity (Wildman–Crippen MR) is 147 cm³/mol. The van der Waals surface area contributed by atoms with E-state index in [0.717, 1.165) is 37.4 Å². The third kappa shape index (κ3) is 11.4. The second-order valence-corrected chi connectivity index (χ2v) is 9.74. The number of hydrogen-bond donors (Lipinski definition) is 0. The van der Waals surface area contributed by atoms with E-state index >= 15 is 0 Å². The first kappa shape index (κ1) is 29.6. The van der Waals surface area contributed by atoms with Crippen LogP contribution >= 0.6 is 0 Å². The maximum absolute atomic E-state index is 11.8. The third-order valence-corrected chi connectivity index (χ3v) is 6.54. The van der Waals surface area contributed by atoms with Crippen molar-refractivity contribution in [1.29, 1.82) is 0 Å². The molecule has 3 rings (SSSR count). The molecular formula is C31H45NO4. The quantitative estimate of drug-likeness (QED) is 0.207. The molecule has 2 aromatic rings. The van der Waals surface area contributed by atoms with E-state index in [-0.39, 0.29) is 11.6 Å². The largest absolute Gasteiger partial charge is 0.497 e. The smallest absolute Gasteiger partial charge is 0.162 e. The van der Waals surface area contributed by atoms with Gasteiger partial charge in [-0.2, -0.15) is 0 Å². The fraction of sp³-hybridized carbons (Fsp3) is 0.548. The van der Waals surface area contributed by atoms with Crippen molar-refractivity contribution >= 4 is 11.6 Å². The molecule has 0 bridgehead atoms. The van der Waals surface area contributed by atoms with Crippen LogP contribution in [0.4, 0.5) is 0 Å².